The number of rotatable bonds is 9. The minimum absolute atomic E-state index is 0. The molecule has 0 radical (unpaired) electrons. The highest BCUT2D eigenvalue weighted by atomic mass is 32.1. The number of hydrogen-bond acceptors (Lipinski definition) is 9. The number of urea groups is 2. The smallest absolute Gasteiger partial charge is 0.319 e. The third-order valence-corrected chi connectivity index (χ3v) is 11.0. The number of benzene rings is 2. The van der Waals surface area contributed by atoms with Gasteiger partial charge in [-0.3, -0.25) is 10.1 Å². The number of nitrogens with one attached hydrogen (secondary N) is 4. The first kappa shape index (κ1) is 39.3. The van der Waals surface area contributed by atoms with Crippen LogP contribution in [-0.2, 0) is 0 Å². The Morgan fingerprint density at radius 3 is 1.67 bits per heavy atom. The Hall–Kier alpha value is -4.50. The fourth-order valence-corrected chi connectivity index (χ4v) is 7.44. The Balaban J connectivity index is 0.000000225. The van der Waals surface area contributed by atoms with Crippen LogP contribution in [0.2, 0.25) is 0 Å². The summed E-state index contributed by atoms with van der Waals surface area (Å²) >= 11 is 3.21. The molecule has 2 aliphatic rings. The highest BCUT2D eigenvalue weighted by Crippen LogP contribution is 2.33. The first-order valence-electron chi connectivity index (χ1n) is 16.9. The number of nitro groups is 1. The second kappa shape index (κ2) is 19.2. The van der Waals surface area contributed by atoms with E-state index in [9.17, 15) is 19.7 Å². The number of nitrogens with two attached hydrogens (primary N) is 1. The zero-order chi connectivity index (χ0) is 35.5. The Morgan fingerprint density at radius 1 is 0.765 bits per heavy atom. The van der Waals surface area contributed by atoms with Crippen molar-refractivity contribution in [3.05, 3.63) is 81.5 Å². The van der Waals surface area contributed by atoms with Crippen LogP contribution in [0.25, 0.3) is 20.9 Å². The molecule has 2 aromatic carbocycles. The van der Waals surface area contributed by atoms with Crippen molar-refractivity contribution in [3.63, 3.8) is 0 Å². The summed E-state index contributed by atoms with van der Waals surface area (Å²) in [5.74, 6) is 1.01. The van der Waals surface area contributed by atoms with Crippen molar-refractivity contribution in [1.29, 1.82) is 0 Å². The molecule has 51 heavy (non-hydrogen) atoms. The first-order chi connectivity index (χ1) is 24.1. The quantitative estimate of drug-likeness (QED) is 0.0665. The van der Waals surface area contributed by atoms with Crippen LogP contribution in [0.5, 0.6) is 0 Å². The van der Waals surface area contributed by atoms with E-state index < -0.39 is 11.0 Å². The van der Waals surface area contributed by atoms with E-state index >= 15 is 0 Å². The van der Waals surface area contributed by atoms with Crippen molar-refractivity contribution in [3.8, 4) is 20.9 Å². The van der Waals surface area contributed by atoms with Crippen LogP contribution in [0.4, 0.5) is 32.3 Å². The number of nitrogen functional groups attached to an aromatic ring is 1. The molecule has 2 fully saturated rings. The van der Waals surface area contributed by atoms with Crippen molar-refractivity contribution in [2.24, 2.45) is 11.8 Å². The molecule has 4 heterocycles. The summed E-state index contributed by atoms with van der Waals surface area (Å²) < 4.78 is 0. The molecule has 12 nitrogen and oxygen atoms in total. The number of piperidine rings is 2. The summed E-state index contributed by atoms with van der Waals surface area (Å²) in [5, 5.41) is 26.6. The molecule has 4 amide bonds. The number of nitrogens with zero attached hydrogens (tertiary/aromatic N) is 3. The molecule has 0 unspecified atom stereocenters. The third kappa shape index (κ3) is 11.8. The monoisotopic (exact) mass is 734 g/mol. The SMILES string of the molecule is C.CN1CCC(CNC(=O)Nc2cc(-c3cccs3)ccc2N)CC1.CN1CCC(CNC(=O)Nc2cc(-c3cccs3)ccc2[N+](=O)[O-])CC1. The normalized spacial score (nSPS) is 15.5. The Bertz CT molecular complexity index is 1700. The predicted molar refractivity (Wildman–Crippen MR) is 212 cm³/mol. The molecule has 6 rings (SSSR count). The van der Waals surface area contributed by atoms with Crippen LogP contribution in [-0.4, -0.2) is 80.1 Å². The summed E-state index contributed by atoms with van der Waals surface area (Å²) in [6.07, 6.45) is 4.36. The summed E-state index contributed by atoms with van der Waals surface area (Å²) in [5.41, 5.74) is 9.23. The molecule has 2 aliphatic heterocycles. The number of carbonyl (C=O) groups excluding carboxylic acids is 2. The van der Waals surface area contributed by atoms with Crippen molar-refractivity contribution >= 4 is 57.5 Å². The van der Waals surface area contributed by atoms with Crippen LogP contribution in [0.15, 0.2) is 71.4 Å². The maximum atomic E-state index is 12.2. The molecule has 4 aromatic rings. The van der Waals surface area contributed by atoms with Crippen LogP contribution >= 0.6 is 22.7 Å². The lowest BCUT2D eigenvalue weighted by atomic mass is 9.97. The van der Waals surface area contributed by atoms with E-state index in [2.05, 4.69) is 51.2 Å². The Labute approximate surface area is 308 Å². The van der Waals surface area contributed by atoms with Gasteiger partial charge >= 0.3 is 12.1 Å². The number of nitro benzene ring substituents is 1. The number of carbonyl (C=O) groups is 2. The van der Waals surface area contributed by atoms with Crippen molar-refractivity contribution in [2.75, 3.05) is 69.7 Å². The van der Waals surface area contributed by atoms with Crippen molar-refractivity contribution in [2.45, 2.75) is 33.1 Å². The lowest BCUT2D eigenvalue weighted by Gasteiger charge is -2.28. The van der Waals surface area contributed by atoms with Gasteiger partial charge in [-0.15, -0.1) is 22.7 Å². The maximum Gasteiger partial charge on any atom is 0.319 e. The number of likely N-dealkylation sites (tertiary alicyclic amines) is 2. The topological polar surface area (TPSA) is 158 Å². The van der Waals surface area contributed by atoms with Gasteiger partial charge in [0.05, 0.1) is 16.3 Å². The third-order valence-electron chi connectivity index (χ3n) is 9.13. The van der Waals surface area contributed by atoms with Gasteiger partial charge in [0, 0.05) is 28.9 Å². The fraction of sp³-hybridized carbons (Fsp3) is 0.405. The fourth-order valence-electron chi connectivity index (χ4n) is 5.99. The molecule has 2 aromatic heterocycles. The molecule has 0 saturated carbocycles. The van der Waals surface area contributed by atoms with Gasteiger partial charge in [-0.25, -0.2) is 9.59 Å². The molecule has 6 N–H and O–H groups in total. The molecule has 2 saturated heterocycles. The zero-order valence-corrected chi connectivity index (χ0v) is 30.2. The van der Waals surface area contributed by atoms with Gasteiger partial charge in [0.2, 0.25) is 0 Å². The van der Waals surface area contributed by atoms with Crippen LogP contribution in [0.1, 0.15) is 33.1 Å². The van der Waals surface area contributed by atoms with Gasteiger partial charge in [0.25, 0.3) is 5.69 Å². The molecular weight excluding hydrogens is 685 g/mol. The number of thiophene rings is 2. The van der Waals surface area contributed by atoms with E-state index in [1.807, 2.05) is 47.2 Å². The maximum absolute atomic E-state index is 12.2. The van der Waals surface area contributed by atoms with Crippen LogP contribution in [0.3, 0.4) is 0 Å². The number of anilines is 3. The average molecular weight is 735 g/mol. The number of amides is 4. The zero-order valence-electron chi connectivity index (χ0n) is 28.5. The average Bonchev–Trinajstić information content (AvgIpc) is 3.85. The largest absolute Gasteiger partial charge is 0.397 e. The van der Waals surface area contributed by atoms with E-state index in [0.717, 1.165) is 72.7 Å². The molecule has 0 spiro atoms. The number of hydrogen-bond donors (Lipinski definition) is 5. The lowest BCUT2D eigenvalue weighted by Crippen LogP contribution is -2.38. The predicted octanol–water partition coefficient (Wildman–Crippen LogP) is 7.88. The summed E-state index contributed by atoms with van der Waals surface area (Å²) in [7, 11) is 4.23. The summed E-state index contributed by atoms with van der Waals surface area (Å²) in [6, 6.07) is 17.9. The van der Waals surface area contributed by atoms with Gasteiger partial charge in [0.15, 0.2) is 0 Å². The first-order valence-corrected chi connectivity index (χ1v) is 18.6. The van der Waals surface area contributed by atoms with E-state index in [1.165, 1.54) is 6.07 Å². The molecule has 274 valence electrons. The second-order valence-corrected chi connectivity index (χ2v) is 14.8. The molecular formula is C37H50N8O4S2. The molecule has 0 aliphatic carbocycles. The summed E-state index contributed by atoms with van der Waals surface area (Å²) in [6.45, 7) is 5.56. The summed E-state index contributed by atoms with van der Waals surface area (Å²) in [4.78, 5) is 42.0. The Kier molecular flexibility index (Phi) is 14.8. The van der Waals surface area contributed by atoms with Gasteiger partial charge in [-0.2, -0.15) is 0 Å². The highest BCUT2D eigenvalue weighted by molar-refractivity contribution is 7.13. The van der Waals surface area contributed by atoms with E-state index in [1.54, 1.807) is 34.8 Å². The van der Waals surface area contributed by atoms with E-state index in [0.29, 0.717) is 36.3 Å². The Morgan fingerprint density at radius 2 is 1.22 bits per heavy atom. The van der Waals surface area contributed by atoms with Gasteiger partial charge in [0.1, 0.15) is 5.69 Å². The van der Waals surface area contributed by atoms with Gasteiger partial charge < -0.3 is 36.8 Å². The van der Waals surface area contributed by atoms with Crippen LogP contribution in [0, 0.1) is 22.0 Å². The lowest BCUT2D eigenvalue weighted by molar-refractivity contribution is -0.383. The second-order valence-electron chi connectivity index (χ2n) is 12.9. The van der Waals surface area contributed by atoms with Gasteiger partial charge in [-0.1, -0.05) is 25.6 Å². The highest BCUT2D eigenvalue weighted by Gasteiger charge is 2.21. The molecule has 0 atom stereocenters. The standard InChI is InChI=1S/C18H22N4O3S.C18H24N4OS.CH4/c1-21-8-6-13(7-9-21)12-19-18(23)20-15-11-14(17-3-2-10-26-17)4-5-16(15)22(24)25;1-22-8-6-13(7-9-22)12-20-18(23)21-16-11-14(4-5-15(16)19)17-3-2-10-24-17;/h2-5,10-11,13H,6-9,12H2,1H3,(H2,19,20,23);2-5,10-11,13H,6-9,12,19H2,1H3,(H2,20,21,23);1H4. The molecule has 14 heteroatoms. The van der Waals surface area contributed by atoms with Gasteiger partial charge in [-0.05, 0) is 136 Å². The van der Waals surface area contributed by atoms with Crippen LogP contribution < -0.4 is 27.0 Å². The minimum atomic E-state index is -0.481. The van der Waals surface area contributed by atoms with E-state index in [-0.39, 0.29) is 24.8 Å². The van der Waals surface area contributed by atoms with E-state index in [4.69, 9.17) is 5.73 Å². The van der Waals surface area contributed by atoms with Crippen molar-refractivity contribution in [1.82, 2.24) is 20.4 Å². The van der Waals surface area contributed by atoms with Crippen molar-refractivity contribution < 1.29 is 14.5 Å². The molecule has 0 bridgehead atoms. The minimum Gasteiger partial charge on any atom is -0.397 e.